The second-order valence-electron chi connectivity index (χ2n) is 7.38. The van der Waals surface area contributed by atoms with Crippen molar-refractivity contribution in [1.29, 1.82) is 0 Å². The molecule has 0 aromatic heterocycles. The van der Waals surface area contributed by atoms with Crippen LogP contribution in [-0.4, -0.2) is 35.9 Å². The molecule has 0 aliphatic carbocycles. The molecule has 1 saturated heterocycles. The monoisotopic (exact) mass is 429 g/mol. The van der Waals surface area contributed by atoms with Gasteiger partial charge in [-0.15, -0.1) is 0 Å². The molecule has 1 N–H and O–H groups in total. The Bertz CT molecular complexity index is 1190. The number of para-hydroxylation sites is 1. The van der Waals surface area contributed by atoms with E-state index in [1.165, 1.54) is 12.0 Å². The Morgan fingerprint density at radius 3 is 2.34 bits per heavy atom. The van der Waals surface area contributed by atoms with Crippen LogP contribution in [0.5, 0.6) is 11.5 Å². The van der Waals surface area contributed by atoms with Crippen LogP contribution >= 0.6 is 0 Å². The third-order valence-electron chi connectivity index (χ3n) is 5.53. The molecule has 1 unspecified atom stereocenters. The van der Waals surface area contributed by atoms with Crippen LogP contribution in [0.1, 0.15) is 22.7 Å². The normalized spacial score (nSPS) is 17.4. The minimum absolute atomic E-state index is 0.0457. The molecule has 6 nitrogen and oxygen atoms in total. The fraction of sp³-hybridized carbons (Fsp3) is 0.154. The third-order valence-corrected chi connectivity index (χ3v) is 5.53. The number of Topliss-reactive ketones (excluding diaryl/α,β-unsaturated/α-hetero) is 1. The van der Waals surface area contributed by atoms with Gasteiger partial charge in [-0.2, -0.15) is 0 Å². The van der Waals surface area contributed by atoms with Crippen molar-refractivity contribution in [3.8, 4) is 11.5 Å². The summed E-state index contributed by atoms with van der Waals surface area (Å²) in [6, 6.07) is 22.6. The van der Waals surface area contributed by atoms with Crippen LogP contribution < -0.4 is 9.47 Å². The number of ether oxygens (including phenoxy) is 2. The van der Waals surface area contributed by atoms with E-state index in [1.54, 1.807) is 37.4 Å². The van der Waals surface area contributed by atoms with E-state index in [0.29, 0.717) is 17.1 Å². The highest BCUT2D eigenvalue weighted by Gasteiger charge is 2.46. The van der Waals surface area contributed by atoms with Gasteiger partial charge in [0.25, 0.3) is 11.7 Å². The molecule has 3 aromatic carbocycles. The molecule has 1 amide bonds. The van der Waals surface area contributed by atoms with Crippen molar-refractivity contribution >= 4 is 17.4 Å². The van der Waals surface area contributed by atoms with Crippen molar-refractivity contribution < 1.29 is 24.2 Å². The number of aliphatic hydroxyl groups is 1. The zero-order valence-corrected chi connectivity index (χ0v) is 17.8. The summed E-state index contributed by atoms with van der Waals surface area (Å²) in [7, 11) is 3.08. The van der Waals surface area contributed by atoms with Gasteiger partial charge in [-0.3, -0.25) is 9.59 Å². The molecule has 1 heterocycles. The lowest BCUT2D eigenvalue weighted by molar-refractivity contribution is -0.140. The van der Waals surface area contributed by atoms with Gasteiger partial charge in [0.15, 0.2) is 0 Å². The zero-order valence-electron chi connectivity index (χ0n) is 17.8. The smallest absolute Gasteiger partial charge is 0.295 e. The summed E-state index contributed by atoms with van der Waals surface area (Å²) in [6.07, 6.45) is 0. The Morgan fingerprint density at radius 1 is 0.906 bits per heavy atom. The number of carbonyl (C=O) groups excluding carboxylic acids is 2. The number of aliphatic hydroxyl groups excluding tert-OH is 1. The average molecular weight is 429 g/mol. The average Bonchev–Trinajstić information content (AvgIpc) is 3.09. The van der Waals surface area contributed by atoms with Crippen LogP contribution in [0.25, 0.3) is 5.76 Å². The minimum atomic E-state index is -0.743. The van der Waals surface area contributed by atoms with Crippen LogP contribution in [0.3, 0.4) is 0 Å². The lowest BCUT2D eigenvalue weighted by Gasteiger charge is -2.26. The van der Waals surface area contributed by atoms with Gasteiger partial charge in [-0.25, -0.2) is 0 Å². The first-order chi connectivity index (χ1) is 15.5. The van der Waals surface area contributed by atoms with Gasteiger partial charge in [0, 0.05) is 11.1 Å². The Kier molecular flexibility index (Phi) is 5.94. The first kappa shape index (κ1) is 21.2. The van der Waals surface area contributed by atoms with E-state index in [0.717, 1.165) is 11.1 Å². The number of ketones is 1. The molecular weight excluding hydrogens is 406 g/mol. The molecule has 0 saturated carbocycles. The van der Waals surface area contributed by atoms with Gasteiger partial charge in [-0.1, -0.05) is 60.7 Å². The van der Waals surface area contributed by atoms with Gasteiger partial charge >= 0.3 is 0 Å². The topological polar surface area (TPSA) is 76.1 Å². The molecule has 1 aliphatic heterocycles. The number of amides is 1. The lowest BCUT2D eigenvalue weighted by atomic mass is 9.95. The van der Waals surface area contributed by atoms with E-state index >= 15 is 0 Å². The predicted molar refractivity (Wildman–Crippen MR) is 120 cm³/mol. The predicted octanol–water partition coefficient (Wildman–Crippen LogP) is 4.33. The number of rotatable bonds is 6. The molecule has 0 radical (unpaired) electrons. The summed E-state index contributed by atoms with van der Waals surface area (Å²) in [4.78, 5) is 27.7. The number of hydrogen-bond donors (Lipinski definition) is 1. The van der Waals surface area contributed by atoms with Crippen molar-refractivity contribution in [1.82, 2.24) is 4.90 Å². The van der Waals surface area contributed by atoms with Gasteiger partial charge < -0.3 is 19.5 Å². The Hall–Kier alpha value is -4.06. The van der Waals surface area contributed by atoms with Gasteiger partial charge in [0.1, 0.15) is 17.3 Å². The van der Waals surface area contributed by atoms with E-state index in [-0.39, 0.29) is 17.9 Å². The summed E-state index contributed by atoms with van der Waals surface area (Å²) in [6.45, 7) is 0.156. The highest BCUT2D eigenvalue weighted by molar-refractivity contribution is 6.46. The number of hydrogen-bond acceptors (Lipinski definition) is 5. The quantitative estimate of drug-likeness (QED) is 0.359. The largest absolute Gasteiger partial charge is 0.507 e. The molecule has 162 valence electrons. The van der Waals surface area contributed by atoms with Crippen LogP contribution in [0.2, 0.25) is 0 Å². The van der Waals surface area contributed by atoms with E-state index in [1.807, 2.05) is 48.5 Å². The SMILES string of the molecule is COc1cccc(/C(O)=C2/C(=O)C(=O)N(Cc3ccccc3OC)C2c2ccccc2)c1. The van der Waals surface area contributed by atoms with Crippen molar-refractivity contribution in [2.75, 3.05) is 14.2 Å². The zero-order chi connectivity index (χ0) is 22.7. The Labute approximate surface area is 186 Å². The van der Waals surface area contributed by atoms with E-state index in [9.17, 15) is 14.7 Å². The number of carbonyl (C=O) groups is 2. The molecule has 32 heavy (non-hydrogen) atoms. The summed E-state index contributed by atoms with van der Waals surface area (Å²) in [5, 5.41) is 11.1. The lowest BCUT2D eigenvalue weighted by Crippen LogP contribution is -2.29. The Morgan fingerprint density at radius 2 is 1.62 bits per heavy atom. The Balaban J connectivity index is 1.86. The van der Waals surface area contributed by atoms with Gasteiger partial charge in [0.05, 0.1) is 32.4 Å². The number of nitrogens with zero attached hydrogens (tertiary/aromatic N) is 1. The van der Waals surface area contributed by atoms with Crippen molar-refractivity contribution in [3.63, 3.8) is 0 Å². The summed E-state index contributed by atoms with van der Waals surface area (Å²) >= 11 is 0. The molecule has 0 bridgehead atoms. The molecule has 4 rings (SSSR count). The van der Waals surface area contributed by atoms with Crippen molar-refractivity contribution in [2.45, 2.75) is 12.6 Å². The van der Waals surface area contributed by atoms with Crippen LogP contribution in [0.15, 0.2) is 84.4 Å². The second kappa shape index (κ2) is 8.98. The summed E-state index contributed by atoms with van der Waals surface area (Å²) < 4.78 is 10.7. The van der Waals surface area contributed by atoms with Crippen LogP contribution in [0, 0.1) is 0 Å². The summed E-state index contributed by atoms with van der Waals surface area (Å²) in [5.41, 5.74) is 1.94. The molecule has 3 aromatic rings. The first-order valence-corrected chi connectivity index (χ1v) is 10.1. The van der Waals surface area contributed by atoms with Crippen molar-refractivity contribution in [3.05, 3.63) is 101 Å². The van der Waals surface area contributed by atoms with E-state index in [2.05, 4.69) is 0 Å². The van der Waals surface area contributed by atoms with E-state index < -0.39 is 17.7 Å². The molecule has 1 aliphatic rings. The van der Waals surface area contributed by atoms with Crippen LogP contribution in [0.4, 0.5) is 0 Å². The first-order valence-electron chi connectivity index (χ1n) is 10.1. The molecule has 6 heteroatoms. The number of likely N-dealkylation sites (tertiary alicyclic amines) is 1. The molecule has 1 fully saturated rings. The third kappa shape index (κ3) is 3.83. The van der Waals surface area contributed by atoms with Gasteiger partial charge in [0.2, 0.25) is 0 Å². The maximum Gasteiger partial charge on any atom is 0.295 e. The molecule has 1 atom stereocenters. The fourth-order valence-electron chi connectivity index (χ4n) is 3.97. The maximum atomic E-state index is 13.1. The minimum Gasteiger partial charge on any atom is -0.507 e. The standard InChI is InChI=1S/C26H23NO5/c1-31-20-13-8-12-18(15-20)24(28)22-23(17-9-4-3-5-10-17)27(26(30)25(22)29)16-19-11-6-7-14-21(19)32-2/h3-15,23,28H,16H2,1-2H3/b24-22-. The van der Waals surface area contributed by atoms with Crippen LogP contribution in [-0.2, 0) is 16.1 Å². The number of benzene rings is 3. The summed E-state index contributed by atoms with van der Waals surface area (Å²) in [5.74, 6) is -0.482. The highest BCUT2D eigenvalue weighted by Crippen LogP contribution is 2.41. The maximum absolute atomic E-state index is 13.1. The van der Waals surface area contributed by atoms with E-state index in [4.69, 9.17) is 9.47 Å². The number of methoxy groups -OCH3 is 2. The second-order valence-corrected chi connectivity index (χ2v) is 7.38. The van der Waals surface area contributed by atoms with Crippen molar-refractivity contribution in [2.24, 2.45) is 0 Å². The highest BCUT2D eigenvalue weighted by atomic mass is 16.5. The molecule has 0 spiro atoms. The van der Waals surface area contributed by atoms with Gasteiger partial charge in [-0.05, 0) is 23.8 Å². The fourth-order valence-corrected chi connectivity index (χ4v) is 3.97. The molecular formula is C26H23NO5.